The van der Waals surface area contributed by atoms with Gasteiger partial charge in [-0.15, -0.1) is 0 Å². The number of methoxy groups -OCH3 is 1. The van der Waals surface area contributed by atoms with Gasteiger partial charge in [0.05, 0.1) is 13.0 Å². The summed E-state index contributed by atoms with van der Waals surface area (Å²) >= 11 is 0. The van der Waals surface area contributed by atoms with E-state index in [4.69, 9.17) is 18.9 Å². The van der Waals surface area contributed by atoms with Crippen LogP contribution >= 0.6 is 0 Å². The Labute approximate surface area is 236 Å². The first-order valence-electron chi connectivity index (χ1n) is 13.2. The van der Waals surface area contributed by atoms with Crippen molar-refractivity contribution >= 4 is 34.6 Å². The maximum absolute atomic E-state index is 13.6. The van der Waals surface area contributed by atoms with Crippen LogP contribution < -0.4 is 10.1 Å². The van der Waals surface area contributed by atoms with Gasteiger partial charge in [0.1, 0.15) is 18.6 Å². The fourth-order valence-corrected chi connectivity index (χ4v) is 4.58. The molecule has 216 valence electrons. The van der Waals surface area contributed by atoms with Crippen LogP contribution in [-0.2, 0) is 35.0 Å². The smallest absolute Gasteiger partial charge is 0.332 e. The average Bonchev–Trinajstić information content (AvgIpc) is 2.99. The molecule has 2 aromatic carbocycles. The van der Waals surface area contributed by atoms with Crippen LogP contribution in [-0.4, -0.2) is 65.9 Å². The van der Waals surface area contributed by atoms with Crippen LogP contribution in [0.25, 0.3) is 10.8 Å². The number of benzene rings is 2. The predicted molar refractivity (Wildman–Crippen MR) is 146 cm³/mol. The van der Waals surface area contributed by atoms with E-state index in [2.05, 4.69) is 10.3 Å². The van der Waals surface area contributed by atoms with E-state index in [1.165, 1.54) is 26.3 Å². The summed E-state index contributed by atoms with van der Waals surface area (Å²) < 4.78 is 21.9. The van der Waals surface area contributed by atoms with Crippen LogP contribution in [0.2, 0.25) is 0 Å². The first kappa shape index (κ1) is 29.3. The van der Waals surface area contributed by atoms with Crippen LogP contribution in [0.5, 0.6) is 11.5 Å². The molecule has 1 fully saturated rings. The van der Waals surface area contributed by atoms with Gasteiger partial charge in [-0.25, -0.2) is 9.78 Å². The lowest BCUT2D eigenvalue weighted by atomic mass is 9.89. The second kappa shape index (κ2) is 12.7. The number of esters is 3. The van der Waals surface area contributed by atoms with Crippen LogP contribution in [0.3, 0.4) is 0 Å². The number of hydrogen-bond donors (Lipinski definition) is 2. The van der Waals surface area contributed by atoms with E-state index < -0.39 is 72.0 Å². The summed E-state index contributed by atoms with van der Waals surface area (Å²) in [4.78, 5) is 56.1. The normalized spacial score (nSPS) is 21.2. The van der Waals surface area contributed by atoms with E-state index in [0.717, 1.165) is 16.3 Å². The Kier molecular flexibility index (Phi) is 9.06. The van der Waals surface area contributed by atoms with Crippen molar-refractivity contribution in [2.75, 3.05) is 13.7 Å². The van der Waals surface area contributed by atoms with E-state index >= 15 is 0 Å². The zero-order chi connectivity index (χ0) is 29.7. The maximum atomic E-state index is 13.6. The molecule has 0 radical (unpaired) electrons. The molecular weight excluding hydrogens is 532 g/mol. The number of hydrogen-bond acceptors (Lipinski definition) is 10. The van der Waals surface area contributed by atoms with Gasteiger partial charge in [0.15, 0.2) is 29.3 Å². The molecule has 0 spiro atoms. The molecule has 0 aliphatic carbocycles. The van der Waals surface area contributed by atoms with Gasteiger partial charge >= 0.3 is 17.9 Å². The minimum absolute atomic E-state index is 0.00771. The molecule has 1 saturated heterocycles. The summed E-state index contributed by atoms with van der Waals surface area (Å²) in [6.07, 6.45) is -0.850. The topological polar surface area (TPSA) is 150 Å². The highest BCUT2D eigenvalue weighted by Gasteiger charge is 2.42. The average molecular weight is 565 g/mol. The Morgan fingerprint density at radius 2 is 1.83 bits per heavy atom. The van der Waals surface area contributed by atoms with E-state index in [1.54, 1.807) is 13.8 Å². The van der Waals surface area contributed by atoms with Crippen LogP contribution in [0.1, 0.15) is 36.8 Å². The lowest BCUT2D eigenvalue weighted by Gasteiger charge is -2.30. The number of ether oxygens (including phenoxy) is 4. The highest BCUT2D eigenvalue weighted by Crippen LogP contribution is 2.29. The molecular formula is C30H32N2O9. The predicted octanol–water partition coefficient (Wildman–Crippen LogP) is 2.96. The third-order valence-corrected chi connectivity index (χ3v) is 6.81. The summed E-state index contributed by atoms with van der Waals surface area (Å²) in [6.45, 7) is 4.26. The molecule has 1 amide bonds. The van der Waals surface area contributed by atoms with Gasteiger partial charge in [-0.3, -0.25) is 14.4 Å². The molecule has 0 bridgehead atoms. The number of amides is 1. The third kappa shape index (κ3) is 6.56. The van der Waals surface area contributed by atoms with Crippen molar-refractivity contribution in [1.29, 1.82) is 0 Å². The van der Waals surface area contributed by atoms with E-state index in [0.29, 0.717) is 0 Å². The zero-order valence-electron chi connectivity index (χ0n) is 23.2. The molecule has 2 heterocycles. The molecule has 11 nitrogen and oxygen atoms in total. The quantitative estimate of drug-likeness (QED) is 0.324. The number of rotatable bonds is 7. The summed E-state index contributed by atoms with van der Waals surface area (Å²) in [6, 6.07) is 13.3. The highest BCUT2D eigenvalue weighted by atomic mass is 16.6. The molecule has 41 heavy (non-hydrogen) atoms. The number of nitrogens with zero attached hydrogens (tertiary/aromatic N) is 1. The van der Waals surface area contributed by atoms with Gasteiger partial charge in [-0.2, -0.15) is 0 Å². The Bertz CT molecular complexity index is 1450. The van der Waals surface area contributed by atoms with E-state index in [-0.39, 0.29) is 12.2 Å². The molecule has 11 heteroatoms. The molecule has 4 unspecified atom stereocenters. The molecule has 2 N–H and O–H groups in total. The van der Waals surface area contributed by atoms with Crippen molar-refractivity contribution in [2.24, 2.45) is 11.8 Å². The van der Waals surface area contributed by atoms with Gasteiger partial charge in [-0.05, 0) is 29.7 Å². The SMILES string of the molecule is COc1ccnc(C(=O)NC2COC(=O)C(Cc3cccc4ccccc34)C(OC(=O)C(C)C)C(C)OC2=O)c1O. The minimum atomic E-state index is -1.43. The fourth-order valence-electron chi connectivity index (χ4n) is 4.58. The number of fused-ring (bicyclic) bond motifs is 1. The van der Waals surface area contributed by atoms with Gasteiger partial charge < -0.3 is 29.4 Å². The summed E-state index contributed by atoms with van der Waals surface area (Å²) in [7, 11) is 1.31. The largest absolute Gasteiger partial charge is 0.503 e. The minimum Gasteiger partial charge on any atom is -0.503 e. The second-order valence-corrected chi connectivity index (χ2v) is 10.0. The summed E-state index contributed by atoms with van der Waals surface area (Å²) in [5, 5.41) is 14.6. The molecule has 3 aromatic rings. The second-order valence-electron chi connectivity index (χ2n) is 10.0. The zero-order valence-corrected chi connectivity index (χ0v) is 23.2. The molecule has 4 atom stereocenters. The number of pyridine rings is 1. The fraction of sp³-hybridized carbons (Fsp3) is 0.367. The molecule has 4 rings (SSSR count). The van der Waals surface area contributed by atoms with Crippen molar-refractivity contribution < 1.29 is 43.2 Å². The number of aromatic nitrogens is 1. The third-order valence-electron chi connectivity index (χ3n) is 6.81. The van der Waals surface area contributed by atoms with Crippen LogP contribution in [0.4, 0.5) is 0 Å². The first-order chi connectivity index (χ1) is 19.6. The van der Waals surface area contributed by atoms with Gasteiger partial charge in [0, 0.05) is 12.3 Å². The number of carbonyl (C=O) groups excluding carboxylic acids is 4. The Hall–Kier alpha value is -4.67. The van der Waals surface area contributed by atoms with Crippen LogP contribution in [0.15, 0.2) is 54.7 Å². The lowest BCUT2D eigenvalue weighted by molar-refractivity contribution is -0.176. The number of aromatic hydroxyl groups is 1. The number of nitrogens with one attached hydrogen (secondary N) is 1. The van der Waals surface area contributed by atoms with Gasteiger partial charge in [0.25, 0.3) is 5.91 Å². The number of carbonyl (C=O) groups is 4. The van der Waals surface area contributed by atoms with Crippen molar-refractivity contribution in [3.05, 3.63) is 66.0 Å². The Morgan fingerprint density at radius 3 is 2.56 bits per heavy atom. The van der Waals surface area contributed by atoms with Crippen molar-refractivity contribution in [1.82, 2.24) is 10.3 Å². The standard InChI is InChI=1S/C30H32N2O9/c1-16(2)28(35)41-26-17(3)40-30(37)22(32-27(34)24-25(33)23(38-4)12-13-31-24)15-39-29(36)21(26)14-19-10-7-9-18-8-5-6-11-20(18)19/h5-13,16-17,21-22,26,33H,14-15H2,1-4H3,(H,32,34). The van der Waals surface area contributed by atoms with Gasteiger partial charge in [-0.1, -0.05) is 56.3 Å². The monoisotopic (exact) mass is 564 g/mol. The molecule has 1 aromatic heterocycles. The Balaban J connectivity index is 1.64. The molecule has 1 aliphatic heterocycles. The van der Waals surface area contributed by atoms with Gasteiger partial charge in [0.2, 0.25) is 0 Å². The van der Waals surface area contributed by atoms with Crippen molar-refractivity contribution in [2.45, 2.75) is 45.4 Å². The van der Waals surface area contributed by atoms with E-state index in [9.17, 15) is 24.3 Å². The highest BCUT2D eigenvalue weighted by molar-refractivity contribution is 5.98. The van der Waals surface area contributed by atoms with E-state index in [1.807, 2.05) is 42.5 Å². The summed E-state index contributed by atoms with van der Waals surface area (Å²) in [5.74, 6) is -5.18. The lowest BCUT2D eigenvalue weighted by Crippen LogP contribution is -2.47. The maximum Gasteiger partial charge on any atom is 0.332 e. The molecule has 1 aliphatic rings. The van der Waals surface area contributed by atoms with Crippen LogP contribution in [0, 0.1) is 11.8 Å². The first-order valence-corrected chi connectivity index (χ1v) is 13.2. The molecule has 0 saturated carbocycles. The van der Waals surface area contributed by atoms with Crippen molar-refractivity contribution in [3.63, 3.8) is 0 Å². The Morgan fingerprint density at radius 1 is 1.10 bits per heavy atom. The summed E-state index contributed by atoms with van der Waals surface area (Å²) in [5.41, 5.74) is 0.423. The van der Waals surface area contributed by atoms with Crippen molar-refractivity contribution in [3.8, 4) is 11.5 Å². The number of cyclic esters (lactones) is 2.